The molecule has 160 valence electrons. The highest BCUT2D eigenvalue weighted by molar-refractivity contribution is 6.13. The molecule has 7 nitrogen and oxygen atoms in total. The molecule has 0 unspecified atom stereocenters. The zero-order valence-corrected chi connectivity index (χ0v) is 18.2. The number of rotatable bonds is 4. The Labute approximate surface area is 181 Å². The van der Waals surface area contributed by atoms with E-state index < -0.39 is 0 Å². The van der Waals surface area contributed by atoms with Crippen LogP contribution in [-0.4, -0.2) is 44.6 Å². The van der Waals surface area contributed by atoms with Gasteiger partial charge in [-0.05, 0) is 63.3 Å². The van der Waals surface area contributed by atoms with E-state index in [1.54, 1.807) is 4.68 Å². The predicted octanol–water partition coefficient (Wildman–Crippen LogP) is 3.95. The van der Waals surface area contributed by atoms with Crippen molar-refractivity contribution in [3.63, 3.8) is 0 Å². The van der Waals surface area contributed by atoms with Gasteiger partial charge in [0.2, 0.25) is 0 Å². The lowest BCUT2D eigenvalue weighted by Gasteiger charge is -2.18. The normalized spacial score (nSPS) is 16.2. The van der Waals surface area contributed by atoms with Crippen LogP contribution in [-0.2, 0) is 7.05 Å². The second kappa shape index (κ2) is 7.48. The second-order valence-corrected chi connectivity index (χ2v) is 8.71. The highest BCUT2D eigenvalue weighted by Crippen LogP contribution is 2.40. The first-order valence-corrected chi connectivity index (χ1v) is 11.0. The number of hydrogen-bond acceptors (Lipinski definition) is 4. The van der Waals surface area contributed by atoms with Crippen molar-refractivity contribution in [3.8, 4) is 0 Å². The summed E-state index contributed by atoms with van der Waals surface area (Å²) >= 11 is 0. The molecule has 0 atom stereocenters. The third kappa shape index (κ3) is 3.48. The number of carbonyl (C=O) groups is 2. The van der Waals surface area contributed by atoms with E-state index >= 15 is 0 Å². The number of amides is 2. The fraction of sp³-hybridized carbons (Fsp3) is 0.417. The van der Waals surface area contributed by atoms with Crippen LogP contribution in [0.25, 0.3) is 11.0 Å². The third-order valence-electron chi connectivity index (χ3n) is 6.43. The molecular formula is C24H27N5O2. The molecule has 1 saturated carbocycles. The first kappa shape index (κ1) is 19.7. The summed E-state index contributed by atoms with van der Waals surface area (Å²) in [6, 6.07) is 7.44. The van der Waals surface area contributed by atoms with Gasteiger partial charge in [-0.15, -0.1) is 0 Å². The van der Waals surface area contributed by atoms with Crippen molar-refractivity contribution in [2.75, 3.05) is 18.4 Å². The molecule has 1 N–H and O–H groups in total. The van der Waals surface area contributed by atoms with Crippen LogP contribution in [0.15, 0.2) is 24.3 Å². The Bertz CT molecular complexity index is 1200. The number of aromatic nitrogens is 3. The van der Waals surface area contributed by atoms with Crippen LogP contribution in [0.5, 0.6) is 0 Å². The molecule has 2 aliphatic rings. The molecule has 0 spiro atoms. The molecule has 1 aliphatic carbocycles. The van der Waals surface area contributed by atoms with Crippen LogP contribution < -0.4 is 5.32 Å². The van der Waals surface area contributed by atoms with Gasteiger partial charge in [0.05, 0.1) is 16.6 Å². The zero-order valence-electron chi connectivity index (χ0n) is 18.2. The third-order valence-corrected chi connectivity index (χ3v) is 6.43. The lowest BCUT2D eigenvalue weighted by molar-refractivity contribution is 0.0791. The Morgan fingerprint density at radius 3 is 2.55 bits per heavy atom. The largest absolute Gasteiger partial charge is 0.339 e. The second-order valence-electron chi connectivity index (χ2n) is 8.71. The quantitative estimate of drug-likeness (QED) is 0.697. The number of hydrogen-bond donors (Lipinski definition) is 1. The molecule has 2 fully saturated rings. The molecule has 2 amide bonds. The lowest BCUT2D eigenvalue weighted by Crippen LogP contribution is -2.28. The van der Waals surface area contributed by atoms with Gasteiger partial charge in [0.1, 0.15) is 0 Å². The highest BCUT2D eigenvalue weighted by Gasteiger charge is 2.29. The van der Waals surface area contributed by atoms with Gasteiger partial charge in [-0.1, -0.05) is 6.07 Å². The number of nitrogens with one attached hydrogen (secondary N) is 1. The van der Waals surface area contributed by atoms with E-state index in [4.69, 9.17) is 4.98 Å². The van der Waals surface area contributed by atoms with E-state index in [9.17, 15) is 9.59 Å². The summed E-state index contributed by atoms with van der Waals surface area (Å²) in [5, 5.41) is 8.32. The minimum atomic E-state index is -0.195. The van der Waals surface area contributed by atoms with Gasteiger partial charge in [-0.25, -0.2) is 4.98 Å². The summed E-state index contributed by atoms with van der Waals surface area (Å²) in [4.78, 5) is 33.0. The van der Waals surface area contributed by atoms with Gasteiger partial charge in [-0.3, -0.25) is 14.3 Å². The summed E-state index contributed by atoms with van der Waals surface area (Å²) in [5.74, 6) is 0.269. The standard InChI is InChI=1S/C24H27N5O2/c1-14-17(24(31)29-11-4-5-12-29)7-6-8-19(14)26-23(30)18-13-20(16-9-10-16)25-22-21(18)15(2)27-28(22)3/h6-8,13,16H,4-5,9-12H2,1-3H3,(H,26,30). The van der Waals surface area contributed by atoms with E-state index in [1.807, 2.05) is 50.1 Å². The molecule has 5 rings (SSSR count). The van der Waals surface area contributed by atoms with Gasteiger partial charge < -0.3 is 10.2 Å². The zero-order chi connectivity index (χ0) is 21.7. The van der Waals surface area contributed by atoms with Crippen molar-refractivity contribution in [2.45, 2.75) is 45.4 Å². The van der Waals surface area contributed by atoms with Crippen LogP contribution in [0.2, 0.25) is 0 Å². The minimum Gasteiger partial charge on any atom is -0.339 e. The highest BCUT2D eigenvalue weighted by atomic mass is 16.2. The molecule has 3 aromatic rings. The number of nitrogens with zero attached hydrogens (tertiary/aromatic N) is 4. The maximum atomic E-state index is 13.4. The Hall–Kier alpha value is -3.22. The van der Waals surface area contributed by atoms with Crippen molar-refractivity contribution < 1.29 is 9.59 Å². The van der Waals surface area contributed by atoms with Crippen molar-refractivity contribution >= 4 is 28.5 Å². The van der Waals surface area contributed by atoms with Crippen LogP contribution >= 0.6 is 0 Å². The van der Waals surface area contributed by atoms with Crippen molar-refractivity contribution in [1.29, 1.82) is 0 Å². The first-order chi connectivity index (χ1) is 14.9. The molecular weight excluding hydrogens is 390 g/mol. The average Bonchev–Trinajstić information content (AvgIpc) is 3.38. The summed E-state index contributed by atoms with van der Waals surface area (Å²) < 4.78 is 1.74. The molecule has 0 bridgehead atoms. The number of anilines is 1. The van der Waals surface area contributed by atoms with Gasteiger partial charge in [0, 0.05) is 43.0 Å². The fourth-order valence-electron chi connectivity index (χ4n) is 4.51. The van der Waals surface area contributed by atoms with Gasteiger partial charge in [-0.2, -0.15) is 5.10 Å². The Morgan fingerprint density at radius 1 is 1.10 bits per heavy atom. The van der Waals surface area contributed by atoms with E-state index in [0.29, 0.717) is 22.7 Å². The van der Waals surface area contributed by atoms with E-state index in [2.05, 4.69) is 10.4 Å². The van der Waals surface area contributed by atoms with Crippen molar-refractivity contribution in [2.24, 2.45) is 7.05 Å². The van der Waals surface area contributed by atoms with Crippen molar-refractivity contribution in [1.82, 2.24) is 19.7 Å². The summed E-state index contributed by atoms with van der Waals surface area (Å²) in [5.41, 5.74) is 5.17. The van der Waals surface area contributed by atoms with Crippen LogP contribution in [0, 0.1) is 13.8 Å². The predicted molar refractivity (Wildman–Crippen MR) is 119 cm³/mol. The minimum absolute atomic E-state index is 0.0384. The van der Waals surface area contributed by atoms with E-state index in [0.717, 1.165) is 66.8 Å². The summed E-state index contributed by atoms with van der Waals surface area (Å²) in [6.45, 7) is 5.40. The monoisotopic (exact) mass is 417 g/mol. The van der Waals surface area contributed by atoms with E-state index in [1.165, 1.54) is 0 Å². The fourth-order valence-corrected chi connectivity index (χ4v) is 4.51. The van der Waals surface area contributed by atoms with Gasteiger partial charge in [0.25, 0.3) is 11.8 Å². The number of pyridine rings is 1. The van der Waals surface area contributed by atoms with Crippen LogP contribution in [0.1, 0.15) is 69.3 Å². The topological polar surface area (TPSA) is 80.1 Å². The number of aryl methyl sites for hydroxylation is 2. The number of fused-ring (bicyclic) bond motifs is 1. The molecule has 0 radical (unpaired) electrons. The molecule has 31 heavy (non-hydrogen) atoms. The smallest absolute Gasteiger partial charge is 0.256 e. The Kier molecular flexibility index (Phi) is 4.76. The maximum absolute atomic E-state index is 13.4. The van der Waals surface area contributed by atoms with Gasteiger partial charge >= 0.3 is 0 Å². The molecule has 3 heterocycles. The number of benzene rings is 1. The summed E-state index contributed by atoms with van der Waals surface area (Å²) in [7, 11) is 1.86. The van der Waals surface area contributed by atoms with Crippen molar-refractivity contribution in [3.05, 3.63) is 52.3 Å². The number of carbonyl (C=O) groups excluding carboxylic acids is 2. The Morgan fingerprint density at radius 2 is 1.84 bits per heavy atom. The molecule has 1 aliphatic heterocycles. The van der Waals surface area contributed by atoms with Crippen LogP contribution in [0.3, 0.4) is 0 Å². The molecule has 7 heteroatoms. The van der Waals surface area contributed by atoms with Crippen LogP contribution in [0.4, 0.5) is 5.69 Å². The lowest BCUT2D eigenvalue weighted by atomic mass is 10.0. The maximum Gasteiger partial charge on any atom is 0.256 e. The molecule has 1 aromatic carbocycles. The average molecular weight is 418 g/mol. The SMILES string of the molecule is Cc1c(NC(=O)c2cc(C3CC3)nc3c2c(C)nn3C)cccc1C(=O)N1CCCC1. The number of likely N-dealkylation sites (tertiary alicyclic amines) is 1. The van der Waals surface area contributed by atoms with Gasteiger partial charge in [0.15, 0.2) is 5.65 Å². The Balaban J connectivity index is 1.50. The summed E-state index contributed by atoms with van der Waals surface area (Å²) in [6.07, 6.45) is 4.31. The molecule has 2 aromatic heterocycles. The van der Waals surface area contributed by atoms with E-state index in [-0.39, 0.29) is 11.8 Å². The first-order valence-electron chi connectivity index (χ1n) is 11.0. The molecule has 1 saturated heterocycles.